The van der Waals surface area contributed by atoms with Crippen LogP contribution in [0.3, 0.4) is 0 Å². The van der Waals surface area contributed by atoms with Gasteiger partial charge in [-0.15, -0.1) is 0 Å². The van der Waals surface area contributed by atoms with E-state index in [1.807, 2.05) is 59.4 Å². The summed E-state index contributed by atoms with van der Waals surface area (Å²) < 4.78 is 7.53. The van der Waals surface area contributed by atoms with Crippen molar-refractivity contribution in [1.82, 2.24) is 15.1 Å². The molecule has 1 amide bonds. The maximum Gasteiger partial charge on any atom is 0.277 e. The molecule has 0 bridgehead atoms. The zero-order valence-electron chi connectivity index (χ0n) is 18.0. The van der Waals surface area contributed by atoms with Crippen LogP contribution in [0.25, 0.3) is 11.3 Å². The second-order valence-electron chi connectivity index (χ2n) is 7.41. The molecule has 1 atom stereocenters. The first-order chi connectivity index (χ1) is 14.6. The second-order valence-corrected chi connectivity index (χ2v) is 7.41. The first-order valence-corrected chi connectivity index (χ1v) is 10.5. The van der Waals surface area contributed by atoms with Gasteiger partial charge in [-0.3, -0.25) is 9.48 Å². The SMILES string of the molecule is CCCNC(=O)[C@@H](C)[NH2+]Cc1cn(Cc2ccccc2)nc1-c1ccccc1OC. The Kier molecular flexibility index (Phi) is 7.63. The van der Waals surface area contributed by atoms with Gasteiger partial charge in [-0.25, -0.2) is 0 Å². The van der Waals surface area contributed by atoms with E-state index in [2.05, 4.69) is 30.6 Å². The molecular weight excluding hydrogens is 376 g/mol. The lowest BCUT2D eigenvalue weighted by Gasteiger charge is -2.11. The van der Waals surface area contributed by atoms with Crippen molar-refractivity contribution in [2.45, 2.75) is 39.4 Å². The Morgan fingerprint density at radius 3 is 2.63 bits per heavy atom. The number of benzene rings is 2. The number of nitrogens with one attached hydrogen (secondary N) is 1. The summed E-state index contributed by atoms with van der Waals surface area (Å²) >= 11 is 0. The molecule has 2 aromatic carbocycles. The Morgan fingerprint density at radius 2 is 1.90 bits per heavy atom. The van der Waals surface area contributed by atoms with E-state index >= 15 is 0 Å². The lowest BCUT2D eigenvalue weighted by atomic mass is 10.1. The van der Waals surface area contributed by atoms with E-state index in [1.54, 1.807) is 7.11 Å². The largest absolute Gasteiger partial charge is 0.496 e. The van der Waals surface area contributed by atoms with Crippen molar-refractivity contribution in [3.63, 3.8) is 0 Å². The Labute approximate surface area is 178 Å². The number of amides is 1. The summed E-state index contributed by atoms with van der Waals surface area (Å²) in [6.45, 7) is 6.04. The highest BCUT2D eigenvalue weighted by atomic mass is 16.5. The van der Waals surface area contributed by atoms with Crippen LogP contribution in [0.1, 0.15) is 31.4 Å². The number of hydrogen-bond acceptors (Lipinski definition) is 3. The summed E-state index contributed by atoms with van der Waals surface area (Å²) in [5.41, 5.74) is 4.11. The van der Waals surface area contributed by atoms with Crippen LogP contribution in [0.15, 0.2) is 60.8 Å². The van der Waals surface area contributed by atoms with E-state index < -0.39 is 0 Å². The summed E-state index contributed by atoms with van der Waals surface area (Å²) in [6, 6.07) is 18.0. The Hall–Kier alpha value is -3.12. The van der Waals surface area contributed by atoms with Crippen LogP contribution < -0.4 is 15.4 Å². The Morgan fingerprint density at radius 1 is 1.17 bits per heavy atom. The van der Waals surface area contributed by atoms with E-state index in [4.69, 9.17) is 9.84 Å². The lowest BCUT2D eigenvalue weighted by molar-refractivity contribution is -0.689. The molecule has 0 aliphatic carbocycles. The summed E-state index contributed by atoms with van der Waals surface area (Å²) in [5, 5.41) is 9.88. The molecule has 0 fully saturated rings. The van der Waals surface area contributed by atoms with Crippen molar-refractivity contribution in [3.05, 3.63) is 71.9 Å². The molecule has 0 saturated heterocycles. The minimum atomic E-state index is -0.167. The van der Waals surface area contributed by atoms with Gasteiger partial charge in [-0.05, 0) is 31.0 Å². The summed E-state index contributed by atoms with van der Waals surface area (Å²) in [5.74, 6) is 0.852. The van der Waals surface area contributed by atoms with Gasteiger partial charge in [0.05, 0.1) is 19.2 Å². The molecule has 3 N–H and O–H groups in total. The fraction of sp³-hybridized carbons (Fsp3) is 0.333. The number of ether oxygens (including phenoxy) is 1. The molecule has 1 aromatic heterocycles. The van der Waals surface area contributed by atoms with Crippen molar-refractivity contribution in [3.8, 4) is 17.0 Å². The number of carbonyl (C=O) groups excluding carboxylic acids is 1. The molecular formula is C24H31N4O2+. The molecule has 6 nitrogen and oxygen atoms in total. The van der Waals surface area contributed by atoms with Crippen molar-refractivity contribution in [1.29, 1.82) is 0 Å². The van der Waals surface area contributed by atoms with Crippen molar-refractivity contribution in [2.75, 3.05) is 13.7 Å². The van der Waals surface area contributed by atoms with E-state index in [-0.39, 0.29) is 11.9 Å². The molecule has 0 saturated carbocycles. The van der Waals surface area contributed by atoms with Crippen LogP contribution in [0.4, 0.5) is 0 Å². The van der Waals surface area contributed by atoms with Crippen molar-refractivity contribution >= 4 is 5.91 Å². The number of quaternary nitrogens is 1. The molecule has 1 heterocycles. The third-order valence-corrected chi connectivity index (χ3v) is 5.04. The summed E-state index contributed by atoms with van der Waals surface area (Å²) in [7, 11) is 1.67. The number of carbonyl (C=O) groups is 1. The van der Waals surface area contributed by atoms with Gasteiger partial charge in [0.1, 0.15) is 18.0 Å². The number of nitrogens with zero attached hydrogens (tertiary/aromatic N) is 2. The highest BCUT2D eigenvalue weighted by Crippen LogP contribution is 2.30. The monoisotopic (exact) mass is 407 g/mol. The lowest BCUT2D eigenvalue weighted by Crippen LogP contribution is -2.90. The molecule has 30 heavy (non-hydrogen) atoms. The number of methoxy groups -OCH3 is 1. The number of rotatable bonds is 10. The Balaban J connectivity index is 1.85. The van der Waals surface area contributed by atoms with Gasteiger partial charge in [0.2, 0.25) is 0 Å². The third-order valence-electron chi connectivity index (χ3n) is 5.04. The van der Waals surface area contributed by atoms with Gasteiger partial charge in [-0.2, -0.15) is 5.10 Å². The van der Waals surface area contributed by atoms with Gasteiger partial charge >= 0.3 is 0 Å². The minimum Gasteiger partial charge on any atom is -0.496 e. The maximum atomic E-state index is 12.2. The Bertz CT molecular complexity index is 953. The van der Waals surface area contributed by atoms with E-state index in [1.165, 1.54) is 5.56 Å². The number of aromatic nitrogens is 2. The van der Waals surface area contributed by atoms with E-state index in [0.29, 0.717) is 19.6 Å². The average molecular weight is 408 g/mol. The number of nitrogens with two attached hydrogens (primary N) is 1. The molecule has 0 aliphatic rings. The highest BCUT2D eigenvalue weighted by Gasteiger charge is 2.20. The molecule has 158 valence electrons. The van der Waals surface area contributed by atoms with Gasteiger partial charge in [0.25, 0.3) is 5.91 Å². The quantitative estimate of drug-likeness (QED) is 0.543. The topological polar surface area (TPSA) is 72.8 Å². The molecule has 0 aliphatic heterocycles. The zero-order valence-corrected chi connectivity index (χ0v) is 18.0. The summed E-state index contributed by atoms with van der Waals surface area (Å²) in [6.07, 6.45) is 3.00. The predicted molar refractivity (Wildman–Crippen MR) is 118 cm³/mol. The van der Waals surface area contributed by atoms with Gasteiger partial charge in [0, 0.05) is 18.3 Å². The first kappa shape index (κ1) is 21.6. The van der Waals surface area contributed by atoms with Gasteiger partial charge in [-0.1, -0.05) is 49.4 Å². The molecule has 3 aromatic rings. The highest BCUT2D eigenvalue weighted by molar-refractivity contribution is 5.79. The van der Waals surface area contributed by atoms with Crippen molar-refractivity contribution < 1.29 is 14.8 Å². The fourth-order valence-electron chi connectivity index (χ4n) is 3.35. The van der Waals surface area contributed by atoms with E-state index in [0.717, 1.165) is 29.0 Å². The maximum absolute atomic E-state index is 12.2. The zero-order chi connectivity index (χ0) is 21.3. The first-order valence-electron chi connectivity index (χ1n) is 10.5. The van der Waals surface area contributed by atoms with Crippen molar-refractivity contribution in [2.24, 2.45) is 0 Å². The van der Waals surface area contributed by atoms with Gasteiger partial charge < -0.3 is 15.4 Å². The van der Waals surface area contributed by atoms with Crippen LogP contribution >= 0.6 is 0 Å². The predicted octanol–water partition coefficient (Wildman–Crippen LogP) is 2.59. The normalized spacial score (nSPS) is 11.8. The molecule has 0 unspecified atom stereocenters. The fourth-order valence-corrected chi connectivity index (χ4v) is 3.35. The smallest absolute Gasteiger partial charge is 0.277 e. The number of hydrogen-bond donors (Lipinski definition) is 2. The standard InChI is InChI=1S/C24H30N4O2/c1-4-14-25-24(29)18(2)26-15-20-17-28(16-19-10-6-5-7-11-19)27-23(20)21-12-8-9-13-22(21)30-3/h5-13,17-18,26H,4,14-16H2,1-3H3,(H,25,29)/p+1/t18-/m1/s1. The second kappa shape index (κ2) is 10.6. The van der Waals surface area contributed by atoms with Crippen LogP contribution in [0, 0.1) is 0 Å². The van der Waals surface area contributed by atoms with Gasteiger partial charge in [0.15, 0.2) is 6.04 Å². The van der Waals surface area contributed by atoms with Crippen LogP contribution in [0.5, 0.6) is 5.75 Å². The molecule has 0 radical (unpaired) electrons. The number of para-hydroxylation sites is 1. The third kappa shape index (κ3) is 5.48. The average Bonchev–Trinajstić information content (AvgIpc) is 3.18. The molecule has 6 heteroatoms. The van der Waals surface area contributed by atoms with Crippen LogP contribution in [-0.2, 0) is 17.9 Å². The molecule has 3 rings (SSSR count). The molecule has 0 spiro atoms. The summed E-state index contributed by atoms with van der Waals surface area (Å²) in [4.78, 5) is 12.2. The van der Waals surface area contributed by atoms with Crippen LogP contribution in [-0.4, -0.2) is 35.4 Å². The van der Waals surface area contributed by atoms with Crippen LogP contribution in [0.2, 0.25) is 0 Å². The van der Waals surface area contributed by atoms with E-state index in [9.17, 15) is 4.79 Å². The minimum absolute atomic E-state index is 0.0624.